The van der Waals surface area contributed by atoms with Gasteiger partial charge in [0.25, 0.3) is 0 Å². The van der Waals surface area contributed by atoms with Gasteiger partial charge in [-0.25, -0.2) is 0 Å². The summed E-state index contributed by atoms with van der Waals surface area (Å²) < 4.78 is 0. The smallest absolute Gasteiger partial charge is 0.237 e. The third kappa shape index (κ3) is 3.27. The lowest BCUT2D eigenvalue weighted by atomic mass is 10.1. The van der Waals surface area contributed by atoms with Crippen molar-refractivity contribution in [1.29, 1.82) is 0 Å². The Hall–Kier alpha value is -1.00. The Bertz CT molecular complexity index is 397. The molecule has 1 aliphatic carbocycles. The molecule has 0 saturated carbocycles. The van der Waals surface area contributed by atoms with Gasteiger partial charge in [-0.3, -0.25) is 4.79 Å². The largest absolute Gasteiger partial charge is 0.351 e. The summed E-state index contributed by atoms with van der Waals surface area (Å²) in [5.74, 6) is 0.918. The first kappa shape index (κ1) is 13.4. The molecule has 1 aromatic rings. The number of hydrogen-bond donors (Lipinski definition) is 2. The van der Waals surface area contributed by atoms with E-state index in [9.17, 15) is 4.79 Å². The first-order valence-corrected chi connectivity index (χ1v) is 7.71. The molecule has 98 valence electrons. The number of nitrogens with two attached hydrogens (primary N) is 1. The molecule has 0 bridgehead atoms. The molecule has 3 N–H and O–H groups in total. The Morgan fingerprint density at radius 1 is 1.44 bits per heavy atom. The zero-order chi connectivity index (χ0) is 13.0. The van der Waals surface area contributed by atoms with Crippen molar-refractivity contribution in [3.63, 3.8) is 0 Å². The van der Waals surface area contributed by atoms with E-state index in [0.717, 1.165) is 25.0 Å². The van der Waals surface area contributed by atoms with Crippen molar-refractivity contribution in [2.24, 2.45) is 5.73 Å². The van der Waals surface area contributed by atoms with Gasteiger partial charge in [-0.15, -0.1) is 0 Å². The van der Waals surface area contributed by atoms with Crippen molar-refractivity contribution in [3.05, 3.63) is 35.4 Å². The Balaban J connectivity index is 1.84. The molecular formula is C14H20N2OS. The topological polar surface area (TPSA) is 55.1 Å². The quantitative estimate of drug-likeness (QED) is 0.844. The second-order valence-electron chi connectivity index (χ2n) is 4.77. The number of fused-ring (bicyclic) bond motifs is 1. The maximum absolute atomic E-state index is 11.9. The van der Waals surface area contributed by atoms with Crippen LogP contribution in [0.25, 0.3) is 0 Å². The predicted octanol–water partition coefficient (Wildman–Crippen LogP) is 1.35. The van der Waals surface area contributed by atoms with E-state index in [1.54, 1.807) is 11.8 Å². The minimum absolute atomic E-state index is 0.0122. The molecule has 1 aromatic carbocycles. The normalized spacial score (nSPS) is 16.3. The Morgan fingerprint density at radius 3 is 2.61 bits per heavy atom. The van der Waals surface area contributed by atoms with Gasteiger partial charge in [0, 0.05) is 6.04 Å². The van der Waals surface area contributed by atoms with Crippen LogP contribution in [-0.4, -0.2) is 30.0 Å². The van der Waals surface area contributed by atoms with Gasteiger partial charge in [-0.2, -0.15) is 11.8 Å². The zero-order valence-electron chi connectivity index (χ0n) is 10.7. The lowest BCUT2D eigenvalue weighted by molar-refractivity contribution is -0.123. The molecule has 1 aliphatic rings. The molecule has 0 spiro atoms. The number of carbonyl (C=O) groups excluding carboxylic acids is 1. The summed E-state index contributed by atoms with van der Waals surface area (Å²) in [6.07, 6.45) is 4.62. The van der Waals surface area contributed by atoms with E-state index in [1.165, 1.54) is 11.1 Å². The molecule has 2 rings (SSSR count). The summed E-state index contributed by atoms with van der Waals surface area (Å²) in [6.45, 7) is 0. The van der Waals surface area contributed by atoms with Crippen LogP contribution in [-0.2, 0) is 17.6 Å². The molecule has 0 heterocycles. The molecule has 0 unspecified atom stereocenters. The van der Waals surface area contributed by atoms with Crippen LogP contribution in [0.1, 0.15) is 17.5 Å². The summed E-state index contributed by atoms with van der Waals surface area (Å²) in [4.78, 5) is 11.9. The molecule has 1 amide bonds. The standard InChI is InChI=1S/C14H20N2OS/c1-18-7-6-13(15)14(17)16-12-8-10-4-2-3-5-11(10)9-12/h2-5,12-13H,6-9,15H2,1H3,(H,16,17)/t13-/m1/s1. The van der Waals surface area contributed by atoms with Gasteiger partial charge in [-0.05, 0) is 42.4 Å². The molecule has 0 aliphatic heterocycles. The fourth-order valence-corrected chi connectivity index (χ4v) is 2.83. The van der Waals surface area contributed by atoms with E-state index in [1.807, 2.05) is 18.4 Å². The highest BCUT2D eigenvalue weighted by Gasteiger charge is 2.24. The summed E-state index contributed by atoms with van der Waals surface area (Å²) in [6, 6.07) is 8.21. The van der Waals surface area contributed by atoms with E-state index in [-0.39, 0.29) is 18.0 Å². The van der Waals surface area contributed by atoms with Crippen molar-refractivity contribution in [3.8, 4) is 0 Å². The van der Waals surface area contributed by atoms with Crippen LogP contribution in [0.2, 0.25) is 0 Å². The van der Waals surface area contributed by atoms with Crippen LogP contribution in [0, 0.1) is 0 Å². The number of amides is 1. The lowest BCUT2D eigenvalue weighted by Gasteiger charge is -2.16. The summed E-state index contributed by atoms with van der Waals surface area (Å²) in [5.41, 5.74) is 8.56. The maximum atomic E-state index is 11.9. The number of hydrogen-bond acceptors (Lipinski definition) is 3. The van der Waals surface area contributed by atoms with E-state index in [2.05, 4.69) is 17.4 Å². The molecule has 1 atom stereocenters. The SMILES string of the molecule is CSCC[C@@H](N)C(=O)NC1Cc2ccccc2C1. The molecule has 0 saturated heterocycles. The Kier molecular flexibility index (Phi) is 4.66. The highest BCUT2D eigenvalue weighted by Crippen LogP contribution is 2.21. The molecule has 0 aromatic heterocycles. The lowest BCUT2D eigenvalue weighted by Crippen LogP contribution is -2.46. The van der Waals surface area contributed by atoms with Crippen molar-refractivity contribution >= 4 is 17.7 Å². The molecule has 18 heavy (non-hydrogen) atoms. The molecular weight excluding hydrogens is 244 g/mol. The average molecular weight is 264 g/mol. The van der Waals surface area contributed by atoms with Crippen LogP contribution in [0.15, 0.2) is 24.3 Å². The monoisotopic (exact) mass is 264 g/mol. The third-order valence-corrected chi connectivity index (χ3v) is 4.01. The van der Waals surface area contributed by atoms with Gasteiger partial charge in [-0.1, -0.05) is 24.3 Å². The van der Waals surface area contributed by atoms with Crippen LogP contribution in [0.3, 0.4) is 0 Å². The van der Waals surface area contributed by atoms with Crippen molar-refractivity contribution in [2.75, 3.05) is 12.0 Å². The van der Waals surface area contributed by atoms with Crippen molar-refractivity contribution < 1.29 is 4.79 Å². The van der Waals surface area contributed by atoms with E-state index in [0.29, 0.717) is 0 Å². The van der Waals surface area contributed by atoms with E-state index < -0.39 is 0 Å². The minimum atomic E-state index is -0.374. The van der Waals surface area contributed by atoms with Gasteiger partial charge in [0.1, 0.15) is 0 Å². The predicted molar refractivity (Wildman–Crippen MR) is 76.8 cm³/mol. The summed E-state index contributed by atoms with van der Waals surface area (Å²) in [5, 5.41) is 3.06. The number of thioether (sulfide) groups is 1. The number of rotatable bonds is 5. The average Bonchev–Trinajstić information content (AvgIpc) is 2.77. The van der Waals surface area contributed by atoms with Gasteiger partial charge in [0.2, 0.25) is 5.91 Å². The Labute approximate surface area is 113 Å². The van der Waals surface area contributed by atoms with Crippen molar-refractivity contribution in [1.82, 2.24) is 5.32 Å². The second kappa shape index (κ2) is 6.25. The van der Waals surface area contributed by atoms with Crippen molar-refractivity contribution in [2.45, 2.75) is 31.3 Å². The molecule has 3 nitrogen and oxygen atoms in total. The van der Waals surface area contributed by atoms with Crippen LogP contribution < -0.4 is 11.1 Å². The first-order valence-electron chi connectivity index (χ1n) is 6.32. The summed E-state index contributed by atoms with van der Waals surface area (Å²) >= 11 is 1.72. The van der Waals surface area contributed by atoms with E-state index in [4.69, 9.17) is 5.73 Å². The fraction of sp³-hybridized carbons (Fsp3) is 0.500. The molecule has 4 heteroatoms. The fourth-order valence-electron chi connectivity index (χ4n) is 2.35. The van der Waals surface area contributed by atoms with Crippen LogP contribution in [0.4, 0.5) is 0 Å². The van der Waals surface area contributed by atoms with E-state index >= 15 is 0 Å². The maximum Gasteiger partial charge on any atom is 0.237 e. The Morgan fingerprint density at radius 2 is 2.06 bits per heavy atom. The number of benzene rings is 1. The van der Waals surface area contributed by atoms with Crippen LogP contribution >= 0.6 is 11.8 Å². The number of carbonyl (C=O) groups is 1. The highest BCUT2D eigenvalue weighted by molar-refractivity contribution is 7.98. The summed E-state index contributed by atoms with van der Waals surface area (Å²) in [7, 11) is 0. The van der Waals surface area contributed by atoms with Gasteiger partial charge < -0.3 is 11.1 Å². The minimum Gasteiger partial charge on any atom is -0.351 e. The van der Waals surface area contributed by atoms with Gasteiger partial charge in [0.05, 0.1) is 6.04 Å². The van der Waals surface area contributed by atoms with Gasteiger partial charge in [0.15, 0.2) is 0 Å². The highest BCUT2D eigenvalue weighted by atomic mass is 32.2. The molecule has 0 radical (unpaired) electrons. The van der Waals surface area contributed by atoms with Crippen LogP contribution in [0.5, 0.6) is 0 Å². The third-order valence-electron chi connectivity index (χ3n) is 3.37. The zero-order valence-corrected chi connectivity index (χ0v) is 11.5. The number of nitrogens with one attached hydrogen (secondary N) is 1. The van der Waals surface area contributed by atoms with Gasteiger partial charge >= 0.3 is 0 Å². The first-order chi connectivity index (χ1) is 8.70. The second-order valence-corrected chi connectivity index (χ2v) is 5.76. The molecule has 0 fully saturated rings.